The van der Waals surface area contributed by atoms with Crippen LogP contribution in [0.2, 0.25) is 0 Å². The van der Waals surface area contributed by atoms with Gasteiger partial charge in [0.05, 0.1) is 0 Å². The van der Waals surface area contributed by atoms with E-state index in [1.165, 1.54) is 12.0 Å². The van der Waals surface area contributed by atoms with Crippen LogP contribution in [0, 0.1) is 12.8 Å². The van der Waals surface area contributed by atoms with Gasteiger partial charge in [-0.2, -0.15) is 0 Å². The van der Waals surface area contributed by atoms with Gasteiger partial charge in [-0.1, -0.05) is 20.3 Å². The van der Waals surface area contributed by atoms with Crippen molar-refractivity contribution in [2.75, 3.05) is 18.0 Å². The molecule has 1 aromatic rings. The first-order chi connectivity index (χ1) is 7.58. The Morgan fingerprint density at radius 2 is 2.12 bits per heavy atom. The van der Waals surface area contributed by atoms with E-state index < -0.39 is 0 Å². The average molecular weight is 285 g/mol. The molecule has 1 atom stereocenters. The molecule has 3 heteroatoms. The molecule has 1 rings (SSSR count). The van der Waals surface area contributed by atoms with Crippen LogP contribution >= 0.6 is 15.9 Å². The molecule has 16 heavy (non-hydrogen) atoms. The molecular weight excluding hydrogens is 264 g/mol. The highest BCUT2D eigenvalue weighted by molar-refractivity contribution is 9.10. The number of hydrogen-bond donors (Lipinski definition) is 0. The topological polar surface area (TPSA) is 16.1 Å². The van der Waals surface area contributed by atoms with Crippen LogP contribution in [0.5, 0.6) is 0 Å². The summed E-state index contributed by atoms with van der Waals surface area (Å²) in [5, 5.41) is 0. The molecule has 0 fully saturated rings. The Morgan fingerprint density at radius 3 is 2.62 bits per heavy atom. The third-order valence-electron chi connectivity index (χ3n) is 2.93. The molecule has 0 aromatic carbocycles. The van der Waals surface area contributed by atoms with Gasteiger partial charge in [-0.05, 0) is 47.3 Å². The van der Waals surface area contributed by atoms with Crippen molar-refractivity contribution in [1.29, 1.82) is 0 Å². The Hall–Kier alpha value is -0.570. The minimum atomic E-state index is 0.713. The van der Waals surface area contributed by atoms with E-state index in [0.717, 1.165) is 23.4 Å². The summed E-state index contributed by atoms with van der Waals surface area (Å²) in [6, 6.07) is 2.13. The highest BCUT2D eigenvalue weighted by Gasteiger charge is 2.11. The van der Waals surface area contributed by atoms with Gasteiger partial charge in [0.15, 0.2) is 0 Å². The van der Waals surface area contributed by atoms with Crippen LogP contribution in [0.1, 0.15) is 32.8 Å². The van der Waals surface area contributed by atoms with Crippen LogP contribution in [0.15, 0.2) is 16.7 Å². The summed E-state index contributed by atoms with van der Waals surface area (Å²) in [4.78, 5) is 6.87. The molecule has 0 aliphatic rings. The lowest BCUT2D eigenvalue weighted by atomic mass is 10.1. The Kier molecular flexibility index (Phi) is 5.26. The highest BCUT2D eigenvalue weighted by Crippen LogP contribution is 2.21. The van der Waals surface area contributed by atoms with Gasteiger partial charge in [0.25, 0.3) is 0 Å². The fraction of sp³-hybridized carbons (Fsp3) is 0.615. The van der Waals surface area contributed by atoms with Crippen LogP contribution in [0.25, 0.3) is 0 Å². The second-order valence-electron chi connectivity index (χ2n) is 4.35. The van der Waals surface area contributed by atoms with Gasteiger partial charge in [0.2, 0.25) is 0 Å². The summed E-state index contributed by atoms with van der Waals surface area (Å²) in [7, 11) is 0. The maximum atomic E-state index is 4.52. The number of pyridine rings is 1. The molecular formula is C13H21BrN2. The molecule has 0 saturated heterocycles. The molecule has 1 aromatic heterocycles. The normalized spacial score (nSPS) is 12.6. The fourth-order valence-corrected chi connectivity index (χ4v) is 2.18. The van der Waals surface area contributed by atoms with Crippen molar-refractivity contribution in [3.8, 4) is 0 Å². The van der Waals surface area contributed by atoms with Crippen LogP contribution in [0.4, 0.5) is 5.82 Å². The van der Waals surface area contributed by atoms with Gasteiger partial charge in [-0.3, -0.25) is 0 Å². The Labute approximate surface area is 107 Å². The maximum Gasteiger partial charge on any atom is 0.131 e. The fourth-order valence-electron chi connectivity index (χ4n) is 1.73. The SMILES string of the molecule is CCC(C)CN(CC)c1ncc(Br)cc1C. The molecule has 0 bridgehead atoms. The zero-order valence-corrected chi connectivity index (χ0v) is 12.2. The van der Waals surface area contributed by atoms with E-state index in [0.29, 0.717) is 5.92 Å². The van der Waals surface area contributed by atoms with E-state index >= 15 is 0 Å². The monoisotopic (exact) mass is 284 g/mol. The first kappa shape index (κ1) is 13.5. The zero-order chi connectivity index (χ0) is 12.1. The number of anilines is 1. The molecule has 1 heterocycles. The first-order valence-electron chi connectivity index (χ1n) is 5.95. The van der Waals surface area contributed by atoms with Crippen LogP contribution in [0.3, 0.4) is 0 Å². The zero-order valence-electron chi connectivity index (χ0n) is 10.6. The predicted molar refractivity (Wildman–Crippen MR) is 74.0 cm³/mol. The number of aromatic nitrogens is 1. The van der Waals surface area contributed by atoms with Crippen molar-refractivity contribution >= 4 is 21.7 Å². The lowest BCUT2D eigenvalue weighted by Gasteiger charge is -2.26. The molecule has 1 unspecified atom stereocenters. The molecule has 0 N–H and O–H groups in total. The quantitative estimate of drug-likeness (QED) is 0.812. The Bertz CT molecular complexity index is 339. The number of hydrogen-bond acceptors (Lipinski definition) is 2. The van der Waals surface area contributed by atoms with Gasteiger partial charge >= 0.3 is 0 Å². The third-order valence-corrected chi connectivity index (χ3v) is 3.36. The summed E-state index contributed by atoms with van der Waals surface area (Å²) in [5.74, 6) is 1.83. The van der Waals surface area contributed by atoms with E-state index in [2.05, 4.69) is 59.6 Å². The smallest absolute Gasteiger partial charge is 0.131 e. The van der Waals surface area contributed by atoms with Crippen LogP contribution < -0.4 is 4.90 Å². The van der Waals surface area contributed by atoms with E-state index in [1.807, 2.05) is 6.20 Å². The first-order valence-corrected chi connectivity index (χ1v) is 6.74. The molecule has 0 saturated carbocycles. The second kappa shape index (κ2) is 6.24. The van der Waals surface area contributed by atoms with Gasteiger partial charge in [0.1, 0.15) is 5.82 Å². The van der Waals surface area contributed by atoms with Crippen LogP contribution in [-0.2, 0) is 0 Å². The van der Waals surface area contributed by atoms with E-state index in [-0.39, 0.29) is 0 Å². The van der Waals surface area contributed by atoms with Crippen molar-refractivity contribution < 1.29 is 0 Å². The molecule has 0 amide bonds. The van der Waals surface area contributed by atoms with Gasteiger partial charge in [0, 0.05) is 23.8 Å². The minimum absolute atomic E-state index is 0.713. The molecule has 0 radical (unpaired) electrons. The van der Waals surface area contributed by atoms with Crippen molar-refractivity contribution in [3.63, 3.8) is 0 Å². The standard InChI is InChI=1S/C13H21BrN2/c1-5-10(3)9-16(6-2)13-11(4)7-12(14)8-15-13/h7-8,10H,5-6,9H2,1-4H3. The van der Waals surface area contributed by atoms with E-state index in [4.69, 9.17) is 0 Å². The summed E-state index contributed by atoms with van der Waals surface area (Å²) in [5.41, 5.74) is 1.24. The number of rotatable bonds is 5. The third kappa shape index (κ3) is 3.48. The largest absolute Gasteiger partial charge is 0.356 e. The predicted octanol–water partition coefficient (Wildman–Crippen LogP) is 4.02. The van der Waals surface area contributed by atoms with Gasteiger partial charge < -0.3 is 4.90 Å². The van der Waals surface area contributed by atoms with Crippen molar-refractivity contribution in [1.82, 2.24) is 4.98 Å². The number of halogens is 1. The molecule has 0 spiro atoms. The van der Waals surface area contributed by atoms with Crippen molar-refractivity contribution in [2.45, 2.75) is 34.1 Å². The summed E-state index contributed by atoms with van der Waals surface area (Å²) < 4.78 is 1.05. The summed E-state index contributed by atoms with van der Waals surface area (Å²) >= 11 is 3.45. The Morgan fingerprint density at radius 1 is 1.44 bits per heavy atom. The average Bonchev–Trinajstić information content (AvgIpc) is 2.26. The van der Waals surface area contributed by atoms with Crippen molar-refractivity contribution in [3.05, 3.63) is 22.3 Å². The molecule has 0 aliphatic carbocycles. The highest BCUT2D eigenvalue weighted by atomic mass is 79.9. The molecule has 2 nitrogen and oxygen atoms in total. The van der Waals surface area contributed by atoms with Gasteiger partial charge in [-0.15, -0.1) is 0 Å². The van der Waals surface area contributed by atoms with E-state index in [1.54, 1.807) is 0 Å². The van der Waals surface area contributed by atoms with Gasteiger partial charge in [-0.25, -0.2) is 4.98 Å². The lowest BCUT2D eigenvalue weighted by molar-refractivity contribution is 0.545. The molecule has 0 aliphatic heterocycles. The maximum absolute atomic E-state index is 4.52. The Balaban J connectivity index is 2.86. The second-order valence-corrected chi connectivity index (χ2v) is 5.26. The molecule has 90 valence electrons. The number of aryl methyl sites for hydroxylation is 1. The van der Waals surface area contributed by atoms with Crippen molar-refractivity contribution in [2.24, 2.45) is 5.92 Å². The summed E-state index contributed by atoms with van der Waals surface area (Å²) in [6.07, 6.45) is 3.09. The minimum Gasteiger partial charge on any atom is -0.356 e. The number of nitrogens with zero attached hydrogens (tertiary/aromatic N) is 2. The van der Waals surface area contributed by atoms with Crippen LogP contribution in [-0.4, -0.2) is 18.1 Å². The van der Waals surface area contributed by atoms with E-state index in [9.17, 15) is 0 Å². The lowest BCUT2D eigenvalue weighted by Crippen LogP contribution is -2.29. The summed E-state index contributed by atoms with van der Waals surface area (Å²) in [6.45, 7) is 10.9.